The highest BCUT2D eigenvalue weighted by molar-refractivity contribution is 9.08. The van der Waals surface area contributed by atoms with Gasteiger partial charge in [0, 0.05) is 11.5 Å². The summed E-state index contributed by atoms with van der Waals surface area (Å²) in [5.74, 6) is -0.490. The summed E-state index contributed by atoms with van der Waals surface area (Å²) >= 11 is 8.48. The van der Waals surface area contributed by atoms with E-state index in [1.807, 2.05) is 0 Å². The molecule has 0 aromatic carbocycles. The summed E-state index contributed by atoms with van der Waals surface area (Å²) in [7, 11) is 0. The van der Waals surface area contributed by atoms with Crippen molar-refractivity contribution < 1.29 is 17.9 Å². The lowest BCUT2D eigenvalue weighted by Gasteiger charge is -2.10. The van der Waals surface area contributed by atoms with Crippen LogP contribution in [0.5, 0.6) is 5.75 Å². The van der Waals surface area contributed by atoms with Gasteiger partial charge in [-0.1, -0.05) is 27.5 Å². The van der Waals surface area contributed by atoms with Gasteiger partial charge in [-0.15, -0.1) is 13.2 Å². The quantitative estimate of drug-likeness (QED) is 0.614. The molecule has 0 N–H and O–H groups in total. The van der Waals surface area contributed by atoms with Gasteiger partial charge in [0.2, 0.25) is 0 Å². The van der Waals surface area contributed by atoms with E-state index in [9.17, 15) is 13.2 Å². The zero-order chi connectivity index (χ0) is 10.8. The average molecular weight is 290 g/mol. The molecule has 0 radical (unpaired) electrons. The van der Waals surface area contributed by atoms with E-state index >= 15 is 0 Å². The monoisotopic (exact) mass is 289 g/mol. The highest BCUT2D eigenvalue weighted by Gasteiger charge is 2.32. The fourth-order valence-corrected chi connectivity index (χ4v) is 1.19. The van der Waals surface area contributed by atoms with Gasteiger partial charge < -0.3 is 4.74 Å². The maximum atomic E-state index is 11.8. The van der Waals surface area contributed by atoms with Gasteiger partial charge in [-0.2, -0.15) is 0 Å². The minimum absolute atomic E-state index is 0.313. The number of hydrogen-bond acceptors (Lipinski definition) is 2. The third kappa shape index (κ3) is 3.34. The lowest BCUT2D eigenvalue weighted by Crippen LogP contribution is -2.17. The maximum absolute atomic E-state index is 11.8. The van der Waals surface area contributed by atoms with Gasteiger partial charge in [0.05, 0.1) is 0 Å². The topological polar surface area (TPSA) is 22.1 Å². The summed E-state index contributed by atoms with van der Waals surface area (Å²) < 4.78 is 39.2. The second-order valence-electron chi connectivity index (χ2n) is 2.31. The molecule has 0 bridgehead atoms. The Balaban J connectivity index is 2.95. The number of pyridine rings is 1. The van der Waals surface area contributed by atoms with Gasteiger partial charge in [0.15, 0.2) is 10.9 Å². The first-order valence-electron chi connectivity index (χ1n) is 3.38. The van der Waals surface area contributed by atoms with Crippen LogP contribution in [-0.4, -0.2) is 11.3 Å². The van der Waals surface area contributed by atoms with Gasteiger partial charge >= 0.3 is 6.36 Å². The molecule has 0 saturated heterocycles. The van der Waals surface area contributed by atoms with E-state index in [4.69, 9.17) is 11.6 Å². The van der Waals surface area contributed by atoms with Crippen molar-refractivity contribution in [2.75, 3.05) is 0 Å². The Bertz CT molecular complexity index is 331. The van der Waals surface area contributed by atoms with E-state index in [1.165, 1.54) is 12.3 Å². The molecule has 14 heavy (non-hydrogen) atoms. The van der Waals surface area contributed by atoms with Crippen molar-refractivity contribution in [3.05, 3.63) is 23.0 Å². The van der Waals surface area contributed by atoms with Crippen LogP contribution in [0.2, 0.25) is 5.15 Å². The molecule has 1 heterocycles. The first-order chi connectivity index (χ1) is 6.42. The van der Waals surface area contributed by atoms with Gasteiger partial charge in [-0.25, -0.2) is 4.98 Å². The predicted octanol–water partition coefficient (Wildman–Crippen LogP) is 3.53. The highest BCUT2D eigenvalue weighted by atomic mass is 79.9. The predicted molar refractivity (Wildman–Crippen MR) is 48.6 cm³/mol. The van der Waals surface area contributed by atoms with Crippen LogP contribution < -0.4 is 4.74 Å². The van der Waals surface area contributed by atoms with Crippen LogP contribution in [0.3, 0.4) is 0 Å². The number of aromatic nitrogens is 1. The molecule has 1 aromatic rings. The number of halogens is 5. The minimum Gasteiger partial charge on any atom is -0.402 e. The molecule has 0 spiro atoms. The first kappa shape index (κ1) is 11.6. The van der Waals surface area contributed by atoms with Gasteiger partial charge in [0.25, 0.3) is 0 Å². The highest BCUT2D eigenvalue weighted by Crippen LogP contribution is 2.29. The fourth-order valence-electron chi connectivity index (χ4n) is 0.738. The van der Waals surface area contributed by atoms with Gasteiger partial charge in [0.1, 0.15) is 0 Å². The Morgan fingerprint density at radius 2 is 2.14 bits per heavy atom. The Kier molecular flexibility index (Phi) is 3.60. The SMILES string of the molecule is FC(F)(F)Oc1cc(CBr)cnc1Cl. The summed E-state index contributed by atoms with van der Waals surface area (Å²) in [6.45, 7) is 0. The Hall–Kier alpha value is -0.490. The Morgan fingerprint density at radius 3 is 2.64 bits per heavy atom. The molecule has 1 rings (SSSR count). The van der Waals surface area contributed by atoms with Gasteiger partial charge in [-0.3, -0.25) is 0 Å². The van der Waals surface area contributed by atoms with Crippen molar-refractivity contribution in [1.82, 2.24) is 4.98 Å². The normalized spacial score (nSPS) is 11.5. The van der Waals surface area contributed by atoms with E-state index in [-0.39, 0.29) is 5.15 Å². The van der Waals surface area contributed by atoms with Crippen molar-refractivity contribution in [1.29, 1.82) is 0 Å². The molecule has 0 amide bonds. The Morgan fingerprint density at radius 1 is 1.50 bits per heavy atom. The van der Waals surface area contributed by atoms with Crippen molar-refractivity contribution in [2.24, 2.45) is 0 Å². The molecule has 7 heteroatoms. The van der Waals surface area contributed by atoms with Crippen LogP contribution in [-0.2, 0) is 5.33 Å². The summed E-state index contributed by atoms with van der Waals surface area (Å²) in [6.07, 6.45) is -3.39. The van der Waals surface area contributed by atoms with E-state index in [0.717, 1.165) is 0 Å². The van der Waals surface area contributed by atoms with Crippen molar-refractivity contribution in [3.8, 4) is 5.75 Å². The zero-order valence-corrected chi connectivity index (χ0v) is 8.95. The molecule has 1 aromatic heterocycles. The smallest absolute Gasteiger partial charge is 0.402 e. The number of hydrogen-bond donors (Lipinski definition) is 0. The van der Waals surface area contributed by atoms with Crippen LogP contribution in [0.1, 0.15) is 5.56 Å². The van der Waals surface area contributed by atoms with Crippen LogP contribution >= 0.6 is 27.5 Å². The molecule has 0 fully saturated rings. The van der Waals surface area contributed by atoms with Crippen LogP contribution in [0.4, 0.5) is 13.2 Å². The third-order valence-electron chi connectivity index (χ3n) is 1.24. The Labute approximate surface area is 91.2 Å². The molecular formula is C7H4BrClF3NO. The second kappa shape index (κ2) is 4.35. The number of rotatable bonds is 2. The maximum Gasteiger partial charge on any atom is 0.573 e. The van der Waals surface area contributed by atoms with Crippen LogP contribution in [0.15, 0.2) is 12.3 Å². The van der Waals surface area contributed by atoms with E-state index in [0.29, 0.717) is 10.9 Å². The third-order valence-corrected chi connectivity index (χ3v) is 2.17. The number of alkyl halides is 4. The number of ether oxygens (including phenoxy) is 1. The summed E-state index contributed by atoms with van der Waals surface area (Å²) in [6, 6.07) is 1.18. The number of nitrogens with zero attached hydrogens (tertiary/aromatic N) is 1. The van der Waals surface area contributed by atoms with E-state index in [1.54, 1.807) is 0 Å². The first-order valence-corrected chi connectivity index (χ1v) is 4.88. The molecule has 0 atom stereocenters. The molecule has 0 aliphatic carbocycles. The minimum atomic E-state index is -4.75. The van der Waals surface area contributed by atoms with Crippen molar-refractivity contribution in [3.63, 3.8) is 0 Å². The molecule has 78 valence electrons. The molecule has 0 saturated carbocycles. The molecule has 0 aliphatic heterocycles. The van der Waals surface area contributed by atoms with Crippen LogP contribution in [0.25, 0.3) is 0 Å². The van der Waals surface area contributed by atoms with Crippen molar-refractivity contribution in [2.45, 2.75) is 11.7 Å². The van der Waals surface area contributed by atoms with E-state index < -0.39 is 12.1 Å². The van der Waals surface area contributed by atoms with Crippen molar-refractivity contribution >= 4 is 27.5 Å². The molecular weight excluding hydrogens is 286 g/mol. The molecule has 2 nitrogen and oxygen atoms in total. The van der Waals surface area contributed by atoms with Crippen LogP contribution in [0, 0.1) is 0 Å². The van der Waals surface area contributed by atoms with E-state index in [2.05, 4.69) is 25.7 Å². The summed E-state index contributed by atoms with van der Waals surface area (Å²) in [5, 5.41) is 0.0674. The summed E-state index contributed by atoms with van der Waals surface area (Å²) in [5.41, 5.74) is 0.550. The zero-order valence-electron chi connectivity index (χ0n) is 6.61. The second-order valence-corrected chi connectivity index (χ2v) is 3.23. The average Bonchev–Trinajstić information content (AvgIpc) is 2.06. The largest absolute Gasteiger partial charge is 0.573 e. The van der Waals surface area contributed by atoms with Gasteiger partial charge in [-0.05, 0) is 11.6 Å². The fraction of sp³-hybridized carbons (Fsp3) is 0.286. The lowest BCUT2D eigenvalue weighted by molar-refractivity contribution is -0.274. The summed E-state index contributed by atoms with van der Waals surface area (Å²) in [4.78, 5) is 3.54. The lowest BCUT2D eigenvalue weighted by atomic mass is 10.3. The molecule has 0 unspecified atom stereocenters. The molecule has 0 aliphatic rings. The standard InChI is InChI=1S/C7H4BrClF3NO/c8-2-4-1-5(6(9)13-3-4)14-7(10,11)12/h1,3H,2H2.